The molecule has 0 aliphatic rings. The van der Waals surface area contributed by atoms with Gasteiger partial charge in [0.15, 0.2) is 0 Å². The van der Waals surface area contributed by atoms with Gasteiger partial charge in [-0.15, -0.1) is 0 Å². The average Bonchev–Trinajstić information content (AvgIpc) is 2.89. The van der Waals surface area contributed by atoms with Gasteiger partial charge >= 0.3 is 0 Å². The maximum atomic E-state index is 5.00. The second-order valence-corrected chi connectivity index (χ2v) is 7.90. The zero-order valence-corrected chi connectivity index (χ0v) is 17.4. The number of para-hydroxylation sites is 1. The molecule has 0 saturated heterocycles. The predicted molar refractivity (Wildman–Crippen MR) is 133 cm³/mol. The van der Waals surface area contributed by atoms with Crippen molar-refractivity contribution in [3.63, 3.8) is 0 Å². The number of rotatable bonds is 3. The van der Waals surface area contributed by atoms with Crippen LogP contribution in [0.1, 0.15) is 0 Å². The second-order valence-electron chi connectivity index (χ2n) is 7.90. The first kappa shape index (κ1) is 18.5. The SMILES string of the molecule is c1ccc(-c2ccc(-c3ccnc(-c4nc5ccccc5c5ccccc45)c3)cc2)cc1. The molecule has 0 saturated carbocycles. The molecule has 32 heavy (non-hydrogen) atoms. The van der Waals surface area contributed by atoms with E-state index in [1.165, 1.54) is 27.5 Å². The third-order valence-corrected chi connectivity index (χ3v) is 5.94. The van der Waals surface area contributed by atoms with Crippen LogP contribution in [-0.4, -0.2) is 9.97 Å². The molecule has 150 valence electrons. The summed E-state index contributed by atoms with van der Waals surface area (Å²) < 4.78 is 0. The van der Waals surface area contributed by atoms with Gasteiger partial charge in [-0.1, -0.05) is 97.1 Å². The van der Waals surface area contributed by atoms with Gasteiger partial charge in [0.1, 0.15) is 0 Å². The van der Waals surface area contributed by atoms with Crippen molar-refractivity contribution in [2.75, 3.05) is 0 Å². The zero-order valence-electron chi connectivity index (χ0n) is 17.4. The maximum Gasteiger partial charge on any atom is 0.0972 e. The summed E-state index contributed by atoms with van der Waals surface area (Å²) in [6.07, 6.45) is 1.88. The number of aromatic nitrogens is 2. The summed E-state index contributed by atoms with van der Waals surface area (Å²) in [5, 5.41) is 3.49. The fraction of sp³-hybridized carbons (Fsp3) is 0. The zero-order chi connectivity index (χ0) is 21.3. The maximum absolute atomic E-state index is 5.00. The van der Waals surface area contributed by atoms with Crippen molar-refractivity contribution in [1.82, 2.24) is 9.97 Å². The summed E-state index contributed by atoms with van der Waals surface area (Å²) in [7, 11) is 0. The molecule has 2 nitrogen and oxygen atoms in total. The Kier molecular flexibility index (Phi) is 4.47. The number of nitrogens with zero attached hydrogens (tertiary/aromatic N) is 2. The van der Waals surface area contributed by atoms with Crippen molar-refractivity contribution in [3.05, 3.63) is 121 Å². The van der Waals surface area contributed by atoms with E-state index < -0.39 is 0 Å². The Morgan fingerprint density at radius 1 is 0.438 bits per heavy atom. The lowest BCUT2D eigenvalue weighted by Gasteiger charge is -2.11. The third-order valence-electron chi connectivity index (χ3n) is 5.94. The van der Waals surface area contributed by atoms with Crippen LogP contribution in [0.5, 0.6) is 0 Å². The minimum atomic E-state index is 0.886. The van der Waals surface area contributed by atoms with Crippen LogP contribution < -0.4 is 0 Å². The first-order chi connectivity index (χ1) is 15.9. The lowest BCUT2D eigenvalue weighted by molar-refractivity contribution is 1.29. The van der Waals surface area contributed by atoms with Crippen LogP contribution >= 0.6 is 0 Å². The Balaban J connectivity index is 1.46. The molecular weight excluding hydrogens is 388 g/mol. The van der Waals surface area contributed by atoms with Gasteiger partial charge in [-0.25, -0.2) is 4.98 Å². The molecule has 0 amide bonds. The van der Waals surface area contributed by atoms with Crippen molar-refractivity contribution in [3.8, 4) is 33.6 Å². The summed E-state index contributed by atoms with van der Waals surface area (Å²) in [4.78, 5) is 9.69. The van der Waals surface area contributed by atoms with Crippen molar-refractivity contribution < 1.29 is 0 Å². The smallest absolute Gasteiger partial charge is 0.0972 e. The molecule has 2 heteroatoms. The first-order valence-electron chi connectivity index (χ1n) is 10.8. The third kappa shape index (κ3) is 3.23. The molecule has 0 aliphatic heterocycles. The number of benzene rings is 4. The van der Waals surface area contributed by atoms with E-state index in [-0.39, 0.29) is 0 Å². The Bertz CT molecular complexity index is 1550. The molecule has 6 rings (SSSR count). The summed E-state index contributed by atoms with van der Waals surface area (Å²) in [5.74, 6) is 0. The van der Waals surface area contributed by atoms with Gasteiger partial charge in [-0.2, -0.15) is 0 Å². The minimum absolute atomic E-state index is 0.886. The van der Waals surface area contributed by atoms with Gasteiger partial charge in [0.25, 0.3) is 0 Å². The number of hydrogen-bond acceptors (Lipinski definition) is 2. The van der Waals surface area contributed by atoms with Crippen molar-refractivity contribution in [2.45, 2.75) is 0 Å². The predicted octanol–water partition coefficient (Wildman–Crippen LogP) is 7.78. The molecule has 2 heterocycles. The van der Waals surface area contributed by atoms with Gasteiger partial charge in [0.2, 0.25) is 0 Å². The monoisotopic (exact) mass is 408 g/mol. The Morgan fingerprint density at radius 3 is 1.81 bits per heavy atom. The molecule has 0 N–H and O–H groups in total. The van der Waals surface area contributed by atoms with Crippen LogP contribution in [0.25, 0.3) is 55.3 Å². The van der Waals surface area contributed by atoms with Crippen LogP contribution in [-0.2, 0) is 0 Å². The summed E-state index contributed by atoms with van der Waals surface area (Å²) in [5.41, 5.74) is 7.53. The van der Waals surface area contributed by atoms with E-state index in [2.05, 4.69) is 103 Å². The van der Waals surface area contributed by atoms with Crippen molar-refractivity contribution >= 4 is 21.7 Å². The second kappa shape index (κ2) is 7.75. The highest BCUT2D eigenvalue weighted by molar-refractivity contribution is 6.10. The van der Waals surface area contributed by atoms with E-state index in [4.69, 9.17) is 9.97 Å². The lowest BCUT2D eigenvalue weighted by Crippen LogP contribution is -1.92. The number of hydrogen-bond donors (Lipinski definition) is 0. The van der Waals surface area contributed by atoms with Gasteiger partial charge in [0.05, 0.1) is 16.9 Å². The van der Waals surface area contributed by atoms with E-state index in [1.54, 1.807) is 0 Å². The van der Waals surface area contributed by atoms with Gasteiger partial charge in [-0.3, -0.25) is 4.98 Å². The Labute approximate surface area is 186 Å². The molecule has 0 atom stereocenters. The molecule has 2 aromatic heterocycles. The van der Waals surface area contributed by atoms with Crippen LogP contribution in [0.2, 0.25) is 0 Å². The Hall–Kier alpha value is -4.30. The van der Waals surface area contributed by atoms with Crippen LogP contribution in [0, 0.1) is 0 Å². The molecule has 0 fully saturated rings. The van der Waals surface area contributed by atoms with Crippen molar-refractivity contribution in [2.24, 2.45) is 0 Å². The number of pyridine rings is 2. The van der Waals surface area contributed by atoms with E-state index >= 15 is 0 Å². The number of fused-ring (bicyclic) bond motifs is 3. The molecule has 0 spiro atoms. The highest BCUT2D eigenvalue weighted by Crippen LogP contribution is 2.33. The molecule has 4 aromatic carbocycles. The van der Waals surface area contributed by atoms with E-state index in [9.17, 15) is 0 Å². The first-order valence-corrected chi connectivity index (χ1v) is 10.8. The largest absolute Gasteiger partial charge is 0.255 e. The van der Waals surface area contributed by atoms with Crippen LogP contribution in [0.15, 0.2) is 121 Å². The minimum Gasteiger partial charge on any atom is -0.255 e. The summed E-state index contributed by atoms with van der Waals surface area (Å²) in [6, 6.07) is 40.1. The van der Waals surface area contributed by atoms with Gasteiger partial charge in [0, 0.05) is 17.0 Å². The van der Waals surface area contributed by atoms with Gasteiger partial charge in [-0.05, 0) is 45.8 Å². The Morgan fingerprint density at radius 2 is 1.03 bits per heavy atom. The van der Waals surface area contributed by atoms with Crippen LogP contribution in [0.4, 0.5) is 0 Å². The van der Waals surface area contributed by atoms with Crippen molar-refractivity contribution in [1.29, 1.82) is 0 Å². The summed E-state index contributed by atoms with van der Waals surface area (Å²) in [6.45, 7) is 0. The molecule has 0 radical (unpaired) electrons. The average molecular weight is 409 g/mol. The van der Waals surface area contributed by atoms with E-state index in [0.29, 0.717) is 0 Å². The molecule has 0 unspecified atom stereocenters. The van der Waals surface area contributed by atoms with Gasteiger partial charge < -0.3 is 0 Å². The molecule has 6 aromatic rings. The summed E-state index contributed by atoms with van der Waals surface area (Å²) >= 11 is 0. The molecule has 0 aliphatic carbocycles. The fourth-order valence-corrected chi connectivity index (χ4v) is 4.32. The lowest BCUT2D eigenvalue weighted by atomic mass is 9.99. The van der Waals surface area contributed by atoms with E-state index in [0.717, 1.165) is 27.9 Å². The van der Waals surface area contributed by atoms with E-state index in [1.807, 2.05) is 18.3 Å². The highest BCUT2D eigenvalue weighted by Gasteiger charge is 2.12. The normalized spacial score (nSPS) is 11.1. The molecule has 0 bridgehead atoms. The quantitative estimate of drug-likeness (QED) is 0.279. The highest BCUT2D eigenvalue weighted by atomic mass is 14.8. The molecular formula is C30H20N2. The topological polar surface area (TPSA) is 25.8 Å². The van der Waals surface area contributed by atoms with Crippen LogP contribution in [0.3, 0.4) is 0 Å². The standard InChI is InChI=1S/C30H20N2/c1-2-8-21(9-3-1)22-14-16-23(17-15-22)24-18-19-31-29(20-24)30-27-12-5-4-10-25(27)26-11-6-7-13-28(26)32-30/h1-20H. The fourth-order valence-electron chi connectivity index (χ4n) is 4.32.